The van der Waals surface area contributed by atoms with Crippen molar-refractivity contribution in [2.24, 2.45) is 0 Å². The first-order valence-corrected chi connectivity index (χ1v) is 6.55. The molecular formula is C13H18BrNO2. The monoisotopic (exact) mass is 299 g/mol. The average molecular weight is 300 g/mol. The fraction of sp³-hybridized carbons (Fsp3) is 0.462. The molecule has 0 saturated heterocycles. The number of halogens is 1. The molecule has 4 heteroatoms. The molecule has 1 aromatic rings. The quantitative estimate of drug-likeness (QED) is 0.876. The van der Waals surface area contributed by atoms with Crippen LogP contribution >= 0.6 is 15.9 Å². The lowest BCUT2D eigenvalue weighted by Crippen LogP contribution is -2.33. The summed E-state index contributed by atoms with van der Waals surface area (Å²) in [5.74, 6) is -0.776. The van der Waals surface area contributed by atoms with E-state index in [4.69, 9.17) is 5.11 Å². The summed E-state index contributed by atoms with van der Waals surface area (Å²) in [7, 11) is 0. The van der Waals surface area contributed by atoms with Crippen molar-refractivity contribution in [2.75, 3.05) is 13.1 Å². The molecule has 1 N–H and O–H groups in total. The highest BCUT2D eigenvalue weighted by molar-refractivity contribution is 9.10. The van der Waals surface area contributed by atoms with E-state index in [1.807, 2.05) is 36.1 Å². The fourth-order valence-electron chi connectivity index (χ4n) is 1.82. The minimum Gasteiger partial charge on any atom is -0.480 e. The minimum atomic E-state index is -0.776. The van der Waals surface area contributed by atoms with Gasteiger partial charge >= 0.3 is 5.97 Å². The number of benzene rings is 1. The summed E-state index contributed by atoms with van der Waals surface area (Å²) < 4.78 is 1.04. The Morgan fingerprint density at radius 2 is 2.00 bits per heavy atom. The van der Waals surface area contributed by atoms with Crippen LogP contribution in [-0.2, 0) is 4.79 Å². The molecule has 1 aromatic carbocycles. The standard InChI is InChI=1S/C13H18BrNO2/c1-3-8-15(9-13(16)17)10(2)11-4-6-12(14)7-5-11/h4-7,10H,3,8-9H2,1-2H3,(H,16,17). The van der Waals surface area contributed by atoms with E-state index in [1.165, 1.54) is 0 Å². The van der Waals surface area contributed by atoms with E-state index in [-0.39, 0.29) is 12.6 Å². The summed E-state index contributed by atoms with van der Waals surface area (Å²) in [6.07, 6.45) is 0.953. The van der Waals surface area contributed by atoms with Crippen LogP contribution in [-0.4, -0.2) is 29.1 Å². The van der Waals surface area contributed by atoms with Crippen molar-refractivity contribution in [3.63, 3.8) is 0 Å². The molecule has 0 aliphatic heterocycles. The number of aliphatic carboxylic acids is 1. The second-order valence-electron chi connectivity index (χ2n) is 4.09. The summed E-state index contributed by atoms with van der Waals surface area (Å²) in [6.45, 7) is 4.99. The predicted octanol–water partition coefficient (Wildman–Crippen LogP) is 3.31. The zero-order valence-corrected chi connectivity index (χ0v) is 11.8. The molecule has 0 spiro atoms. The molecule has 0 bridgehead atoms. The van der Waals surface area contributed by atoms with Gasteiger partial charge in [-0.05, 0) is 37.6 Å². The van der Waals surface area contributed by atoms with Crippen molar-refractivity contribution in [3.05, 3.63) is 34.3 Å². The average Bonchev–Trinajstić information content (AvgIpc) is 2.28. The van der Waals surface area contributed by atoms with Gasteiger partial charge in [0.1, 0.15) is 0 Å². The molecule has 0 aromatic heterocycles. The number of nitrogens with zero attached hydrogens (tertiary/aromatic N) is 1. The maximum atomic E-state index is 10.8. The van der Waals surface area contributed by atoms with E-state index in [1.54, 1.807) is 0 Å². The van der Waals surface area contributed by atoms with Gasteiger partial charge in [-0.1, -0.05) is 35.0 Å². The molecule has 17 heavy (non-hydrogen) atoms. The zero-order chi connectivity index (χ0) is 12.8. The van der Waals surface area contributed by atoms with Gasteiger partial charge in [-0.15, -0.1) is 0 Å². The van der Waals surface area contributed by atoms with Crippen LogP contribution < -0.4 is 0 Å². The smallest absolute Gasteiger partial charge is 0.317 e. The highest BCUT2D eigenvalue weighted by Gasteiger charge is 2.17. The molecule has 0 aliphatic rings. The molecule has 94 valence electrons. The van der Waals surface area contributed by atoms with Gasteiger partial charge in [0.25, 0.3) is 0 Å². The van der Waals surface area contributed by atoms with E-state index in [9.17, 15) is 4.79 Å². The van der Waals surface area contributed by atoms with Crippen LogP contribution in [0.1, 0.15) is 31.9 Å². The maximum absolute atomic E-state index is 10.8. The number of hydrogen-bond donors (Lipinski definition) is 1. The van der Waals surface area contributed by atoms with E-state index < -0.39 is 5.97 Å². The third kappa shape index (κ3) is 4.48. The van der Waals surface area contributed by atoms with Gasteiger partial charge in [0.2, 0.25) is 0 Å². The van der Waals surface area contributed by atoms with E-state index in [0.29, 0.717) is 0 Å². The Hall–Kier alpha value is -0.870. The zero-order valence-electron chi connectivity index (χ0n) is 10.2. The predicted molar refractivity (Wildman–Crippen MR) is 72.1 cm³/mol. The first-order valence-electron chi connectivity index (χ1n) is 5.76. The maximum Gasteiger partial charge on any atom is 0.317 e. The van der Waals surface area contributed by atoms with Crippen molar-refractivity contribution < 1.29 is 9.90 Å². The summed E-state index contributed by atoms with van der Waals surface area (Å²) >= 11 is 3.39. The molecule has 0 fully saturated rings. The minimum absolute atomic E-state index is 0.0884. The summed E-state index contributed by atoms with van der Waals surface area (Å²) in [6, 6.07) is 8.14. The topological polar surface area (TPSA) is 40.5 Å². The van der Waals surface area contributed by atoms with Crippen LogP contribution in [0.4, 0.5) is 0 Å². The molecular weight excluding hydrogens is 282 g/mol. The number of carboxylic acid groups (broad SMARTS) is 1. The Labute approximate surface area is 111 Å². The summed E-state index contributed by atoms with van der Waals surface area (Å²) in [5, 5.41) is 8.90. The second-order valence-corrected chi connectivity index (χ2v) is 5.01. The summed E-state index contributed by atoms with van der Waals surface area (Å²) in [4.78, 5) is 12.8. The highest BCUT2D eigenvalue weighted by Crippen LogP contribution is 2.22. The Kier molecular flexibility index (Phi) is 5.65. The number of rotatable bonds is 6. The molecule has 1 rings (SSSR count). The van der Waals surface area contributed by atoms with Crippen LogP contribution in [0.5, 0.6) is 0 Å². The van der Waals surface area contributed by atoms with Gasteiger partial charge < -0.3 is 5.11 Å². The van der Waals surface area contributed by atoms with Crippen LogP contribution in [0.15, 0.2) is 28.7 Å². The molecule has 0 saturated carbocycles. The van der Waals surface area contributed by atoms with Gasteiger partial charge in [-0.25, -0.2) is 0 Å². The molecule has 1 atom stereocenters. The van der Waals surface area contributed by atoms with Gasteiger partial charge in [0.05, 0.1) is 6.54 Å². The van der Waals surface area contributed by atoms with Gasteiger partial charge in [0.15, 0.2) is 0 Å². The van der Waals surface area contributed by atoms with Crippen LogP contribution in [0.2, 0.25) is 0 Å². The van der Waals surface area contributed by atoms with Crippen molar-refractivity contribution >= 4 is 21.9 Å². The van der Waals surface area contributed by atoms with Gasteiger partial charge in [-0.3, -0.25) is 9.69 Å². The van der Waals surface area contributed by atoms with E-state index >= 15 is 0 Å². The van der Waals surface area contributed by atoms with Gasteiger partial charge in [-0.2, -0.15) is 0 Å². The first kappa shape index (κ1) is 14.2. The Morgan fingerprint density at radius 1 is 1.41 bits per heavy atom. The lowest BCUT2D eigenvalue weighted by Gasteiger charge is -2.27. The number of carbonyl (C=O) groups is 1. The lowest BCUT2D eigenvalue weighted by atomic mass is 10.1. The van der Waals surface area contributed by atoms with Crippen LogP contribution in [0.3, 0.4) is 0 Å². The molecule has 0 amide bonds. The summed E-state index contributed by atoms with van der Waals surface area (Å²) in [5.41, 5.74) is 1.14. The van der Waals surface area contributed by atoms with Crippen LogP contribution in [0.25, 0.3) is 0 Å². The Balaban J connectivity index is 2.79. The molecule has 0 aliphatic carbocycles. The molecule has 0 heterocycles. The highest BCUT2D eigenvalue weighted by atomic mass is 79.9. The van der Waals surface area contributed by atoms with Crippen molar-refractivity contribution in [3.8, 4) is 0 Å². The van der Waals surface area contributed by atoms with Crippen molar-refractivity contribution in [2.45, 2.75) is 26.3 Å². The SMILES string of the molecule is CCCN(CC(=O)O)C(C)c1ccc(Br)cc1. The molecule has 1 unspecified atom stereocenters. The van der Waals surface area contributed by atoms with Crippen LogP contribution in [0, 0.1) is 0 Å². The normalized spacial score (nSPS) is 12.7. The van der Waals surface area contributed by atoms with E-state index in [0.717, 1.165) is 23.0 Å². The Morgan fingerprint density at radius 3 is 2.47 bits per heavy atom. The largest absolute Gasteiger partial charge is 0.480 e. The number of carboxylic acids is 1. The third-order valence-corrected chi connectivity index (χ3v) is 3.28. The van der Waals surface area contributed by atoms with Gasteiger partial charge in [0, 0.05) is 10.5 Å². The van der Waals surface area contributed by atoms with Crippen molar-refractivity contribution in [1.82, 2.24) is 4.90 Å². The molecule has 0 radical (unpaired) electrons. The Bertz CT molecular complexity index is 364. The second kappa shape index (κ2) is 6.77. The third-order valence-electron chi connectivity index (χ3n) is 2.75. The fourth-order valence-corrected chi connectivity index (χ4v) is 2.09. The number of hydrogen-bond acceptors (Lipinski definition) is 2. The first-order chi connectivity index (χ1) is 8.04. The van der Waals surface area contributed by atoms with Crippen molar-refractivity contribution in [1.29, 1.82) is 0 Å². The molecule has 3 nitrogen and oxygen atoms in total. The van der Waals surface area contributed by atoms with E-state index in [2.05, 4.69) is 22.9 Å². The lowest BCUT2D eigenvalue weighted by molar-refractivity contribution is -0.138.